The summed E-state index contributed by atoms with van der Waals surface area (Å²) >= 11 is 0. The predicted molar refractivity (Wildman–Crippen MR) is 341 cm³/mol. The Labute approximate surface area is 596 Å². The van der Waals surface area contributed by atoms with Crippen molar-refractivity contribution >= 4 is 90.5 Å². The number of nitrogens with one attached hydrogen (secondary N) is 6. The molecule has 566 valence electrons. The van der Waals surface area contributed by atoms with Crippen LogP contribution in [0.1, 0.15) is 22.8 Å². The van der Waals surface area contributed by atoms with Crippen molar-refractivity contribution in [3.8, 4) is 77.9 Å². The van der Waals surface area contributed by atoms with Gasteiger partial charge in [0.25, 0.3) is 0 Å². The lowest BCUT2D eigenvalue weighted by atomic mass is 9.96. The molecule has 0 saturated heterocycles. The van der Waals surface area contributed by atoms with E-state index < -0.39 is 341 Å². The zero-order valence-corrected chi connectivity index (χ0v) is 53.3. The summed E-state index contributed by atoms with van der Waals surface area (Å²) < 4.78 is 481. The minimum atomic E-state index is -2.93. The van der Waals surface area contributed by atoms with Crippen LogP contribution in [0.5, 0.6) is 0 Å². The summed E-state index contributed by atoms with van der Waals surface area (Å²) in [4.78, 5) is 22.6. The molecule has 0 fully saturated rings. The van der Waals surface area contributed by atoms with Crippen molar-refractivity contribution in [1.29, 1.82) is 0 Å². The third kappa shape index (κ3) is 10.3. The summed E-state index contributed by atoms with van der Waals surface area (Å²) in [6.45, 7) is 0. The molecule has 0 spiro atoms. The van der Waals surface area contributed by atoms with E-state index >= 15 is 114 Å². The average Bonchev–Trinajstić information content (AvgIpc) is 1.54. The number of aromatic amines is 6. The Morgan fingerprint density at radius 2 is 0.312 bits per heavy atom. The molecule has 8 nitrogen and oxygen atoms in total. The number of aromatic nitrogens is 8. The van der Waals surface area contributed by atoms with Crippen molar-refractivity contribution in [3.63, 3.8) is 0 Å². The smallest absolute Gasteiger partial charge is 0.200 e. The molecule has 0 saturated carbocycles. The van der Waals surface area contributed by atoms with E-state index in [4.69, 9.17) is 0 Å². The van der Waals surface area contributed by atoms with Gasteiger partial charge in [-0.15, -0.1) is 0 Å². The first-order chi connectivity index (χ1) is 53.1. The standard InChI is InChI=1S/C74H20F30N8/c75-43-37(44(76)56(88)67(99)55(43)87)31-19-3-1-17(105-19)29-13-15(73(111-29)35(41-51(83)63(95)71(103)64(96)52(41)84)27-11-9-25(109-27)33(23-7-5-21(31)107-23)39-47(79)59(91)69(101)60(92)48(39)80)16-14-30-18-2-4-20(106-18)32(38-45(77)57(89)68(100)58(90)46(38)78)22-6-8-24(108-22)34(40-49(81)61(93)70(102)62(94)50(40)82)26-10-12-28(110-26)36(74(16)112-30)42-53(85)65(97)72(104)66(98)54(42)86/h1-14,107-112H. The molecule has 0 aliphatic carbocycles. The summed E-state index contributed by atoms with van der Waals surface area (Å²) in [5, 5.41) is 0. The van der Waals surface area contributed by atoms with Crippen molar-refractivity contribution in [1.82, 2.24) is 39.9 Å². The summed E-state index contributed by atoms with van der Waals surface area (Å²) in [7, 11) is 0. The van der Waals surface area contributed by atoms with Crippen LogP contribution in [0, 0.1) is 175 Å². The second-order valence-corrected chi connectivity index (χ2v) is 24.4. The van der Waals surface area contributed by atoms with Gasteiger partial charge in [0.2, 0.25) is 34.9 Å². The van der Waals surface area contributed by atoms with Gasteiger partial charge in [-0.05, 0) is 85.0 Å². The lowest BCUT2D eigenvalue weighted by molar-refractivity contribution is 0.381. The molecule has 0 radical (unpaired) electrons. The lowest BCUT2D eigenvalue weighted by Crippen LogP contribution is -2.05. The maximum Gasteiger partial charge on any atom is 0.200 e. The highest BCUT2D eigenvalue weighted by molar-refractivity contribution is 6.12. The molecule has 112 heavy (non-hydrogen) atoms. The fraction of sp³-hybridized carbons (Fsp3) is 0. The molecule has 8 aromatic heterocycles. The minimum Gasteiger partial charge on any atom is -0.354 e. The van der Waals surface area contributed by atoms with Crippen molar-refractivity contribution in [2.24, 2.45) is 0 Å². The summed E-state index contributed by atoms with van der Waals surface area (Å²) in [5.74, 6) is -83.5. The van der Waals surface area contributed by atoms with E-state index in [2.05, 4.69) is 39.9 Å². The molecule has 6 aromatic carbocycles. The number of halogens is 30. The SMILES string of the molecule is Fc1c(F)c(F)c(-c2c3nc(c4cc(-c5cc6[nH]c5c(-c5c(F)c(F)c(F)c(F)c5F)c5ccc([nH]5)c(-c5c(F)c(F)c(F)c(F)c5F)c5ccc([nH]5)c(-c5c(F)c(F)c(F)c(F)c5F)c5nc6C=C5)c([nH]4)c(-c4c(F)c(F)c(F)c(F)c4F)c4ccc([nH]4)c(-c4c(F)c(F)c(F)c(F)c4F)c4ccc2[nH]4)C=C3)c(F)c1F. The van der Waals surface area contributed by atoms with E-state index in [1.54, 1.807) is 0 Å². The van der Waals surface area contributed by atoms with Crippen LogP contribution < -0.4 is 0 Å². The van der Waals surface area contributed by atoms with Crippen molar-refractivity contribution in [2.45, 2.75) is 0 Å². The topological polar surface area (TPSA) is 121 Å². The van der Waals surface area contributed by atoms with Crippen LogP contribution >= 0.6 is 0 Å². The Balaban J connectivity index is 1.19. The Morgan fingerprint density at radius 1 is 0.152 bits per heavy atom. The summed E-state index contributed by atoms with van der Waals surface area (Å²) in [5.41, 5.74) is -39.7. The highest BCUT2D eigenvalue weighted by atomic mass is 19.2. The molecule has 0 amide bonds. The molecular formula is C74H20F30N8. The first kappa shape index (κ1) is 72.9. The summed E-state index contributed by atoms with van der Waals surface area (Å²) in [6.07, 6.45) is 2.83. The van der Waals surface area contributed by atoms with Gasteiger partial charge in [0, 0.05) is 88.6 Å². The van der Waals surface area contributed by atoms with Crippen LogP contribution in [0.15, 0.2) is 60.7 Å². The number of benzene rings is 6. The van der Waals surface area contributed by atoms with Gasteiger partial charge >= 0.3 is 0 Å². The molecule has 6 N–H and O–H groups in total. The van der Waals surface area contributed by atoms with Gasteiger partial charge < -0.3 is 29.9 Å². The first-order valence-corrected chi connectivity index (χ1v) is 30.9. The second kappa shape index (κ2) is 25.6. The van der Waals surface area contributed by atoms with Gasteiger partial charge in [0.15, 0.2) is 140 Å². The van der Waals surface area contributed by atoms with Crippen molar-refractivity contribution in [2.75, 3.05) is 0 Å². The average molecular weight is 1590 g/mol. The first-order valence-electron chi connectivity index (χ1n) is 30.9. The van der Waals surface area contributed by atoms with E-state index in [-0.39, 0.29) is 0 Å². The van der Waals surface area contributed by atoms with Crippen LogP contribution in [0.4, 0.5) is 132 Å². The van der Waals surface area contributed by atoms with Crippen molar-refractivity contribution < 1.29 is 132 Å². The molecule has 0 atom stereocenters. The van der Waals surface area contributed by atoms with E-state index in [1.807, 2.05) is 0 Å². The number of H-pyrrole nitrogens is 6. The van der Waals surface area contributed by atoms with E-state index in [1.165, 1.54) is 0 Å². The lowest BCUT2D eigenvalue weighted by Gasteiger charge is -2.12. The number of nitrogens with zero attached hydrogens (tertiary/aromatic N) is 2. The number of hydrogen-bond acceptors (Lipinski definition) is 2. The van der Waals surface area contributed by atoms with Crippen LogP contribution in [0.2, 0.25) is 0 Å². The largest absolute Gasteiger partial charge is 0.354 e. The fourth-order valence-corrected chi connectivity index (χ4v) is 13.4. The van der Waals surface area contributed by atoms with Crippen LogP contribution in [0.25, 0.3) is 168 Å². The predicted octanol–water partition coefficient (Wildman–Crippen LogP) is 23.5. The molecule has 14 aromatic rings. The van der Waals surface area contributed by atoms with Gasteiger partial charge in [-0.25, -0.2) is 142 Å². The zero-order chi connectivity index (χ0) is 80.2. The maximum absolute atomic E-state index is 17.3. The molecule has 2 aliphatic rings. The number of hydrogen-bond donors (Lipinski definition) is 6. The Bertz CT molecular complexity index is 6440. The molecule has 2 aliphatic heterocycles. The maximum atomic E-state index is 17.3. The Kier molecular flexibility index (Phi) is 16.7. The molecular weight excluding hydrogens is 1570 g/mol. The minimum absolute atomic E-state index is 0.500. The van der Waals surface area contributed by atoms with Gasteiger partial charge in [0.05, 0.1) is 78.2 Å². The monoisotopic (exact) mass is 1590 g/mol. The Morgan fingerprint density at radius 3 is 0.527 bits per heavy atom. The Hall–Kier alpha value is -13.3. The quantitative estimate of drug-likeness (QED) is 0.0541. The fourth-order valence-electron chi connectivity index (χ4n) is 13.4. The molecule has 0 unspecified atom stereocenters. The third-order valence-corrected chi connectivity index (χ3v) is 18.4. The second-order valence-electron chi connectivity index (χ2n) is 24.4. The highest BCUT2D eigenvalue weighted by Crippen LogP contribution is 2.50. The zero-order valence-electron chi connectivity index (χ0n) is 53.3. The van der Waals surface area contributed by atoms with Crippen molar-refractivity contribution in [3.05, 3.63) is 258 Å². The van der Waals surface area contributed by atoms with Gasteiger partial charge in [-0.3, -0.25) is 0 Å². The van der Waals surface area contributed by atoms with E-state index in [9.17, 15) is 17.6 Å². The van der Waals surface area contributed by atoms with Gasteiger partial charge in [-0.2, -0.15) is 0 Å². The third-order valence-electron chi connectivity index (χ3n) is 18.4. The normalized spacial score (nSPS) is 12.3. The number of rotatable bonds is 7. The van der Waals surface area contributed by atoms with Crippen LogP contribution in [-0.2, 0) is 0 Å². The molecule has 10 heterocycles. The van der Waals surface area contributed by atoms with E-state index in [0.717, 1.165) is 12.2 Å². The van der Waals surface area contributed by atoms with Crippen LogP contribution in [-0.4, -0.2) is 39.9 Å². The number of fused-ring (bicyclic) bond motifs is 18. The molecule has 16 bridgehead atoms. The van der Waals surface area contributed by atoms with Gasteiger partial charge in [-0.1, -0.05) is 0 Å². The molecule has 38 heteroatoms. The summed E-state index contributed by atoms with van der Waals surface area (Å²) in [6, 6.07) is 5.72. The van der Waals surface area contributed by atoms with E-state index in [0.29, 0.717) is 72.8 Å². The molecule has 16 rings (SSSR count). The highest BCUT2D eigenvalue weighted by Gasteiger charge is 2.38. The van der Waals surface area contributed by atoms with Gasteiger partial charge in [0.1, 0.15) is 0 Å². The van der Waals surface area contributed by atoms with Crippen LogP contribution in [0.3, 0.4) is 0 Å².